The van der Waals surface area contributed by atoms with E-state index in [0.29, 0.717) is 30.9 Å². The molecule has 1 atom stereocenters. The minimum atomic E-state index is 0.355. The molecule has 1 aromatic heterocycles. The van der Waals surface area contributed by atoms with Crippen molar-refractivity contribution in [2.75, 3.05) is 11.9 Å². The van der Waals surface area contributed by atoms with Gasteiger partial charge >= 0.3 is 6.01 Å². The van der Waals surface area contributed by atoms with Crippen molar-refractivity contribution in [1.82, 2.24) is 10.2 Å². The Bertz CT molecular complexity index is 298. The van der Waals surface area contributed by atoms with Crippen LogP contribution in [0.15, 0.2) is 4.42 Å². The maximum Gasteiger partial charge on any atom is 0.315 e. The minimum absolute atomic E-state index is 0.355. The van der Waals surface area contributed by atoms with Crippen molar-refractivity contribution < 1.29 is 4.42 Å². The molecule has 5 nitrogen and oxygen atoms in total. The minimum Gasteiger partial charge on any atom is -0.408 e. The van der Waals surface area contributed by atoms with Crippen LogP contribution in [0, 0.1) is 5.92 Å². The molecule has 1 aromatic rings. The first-order valence-corrected chi connectivity index (χ1v) is 5.90. The Morgan fingerprint density at radius 1 is 1.25 bits per heavy atom. The highest BCUT2D eigenvalue weighted by Crippen LogP contribution is 2.12. The van der Waals surface area contributed by atoms with Crippen molar-refractivity contribution in [3.05, 3.63) is 5.89 Å². The lowest BCUT2D eigenvalue weighted by atomic mass is 10.0. The van der Waals surface area contributed by atoms with E-state index in [2.05, 4.69) is 36.3 Å². The molecule has 0 fully saturated rings. The molecule has 0 radical (unpaired) electrons. The Balaban J connectivity index is 2.34. The van der Waals surface area contributed by atoms with Crippen LogP contribution in [0.3, 0.4) is 0 Å². The fourth-order valence-electron chi connectivity index (χ4n) is 1.40. The van der Waals surface area contributed by atoms with Gasteiger partial charge in [-0.1, -0.05) is 18.9 Å². The summed E-state index contributed by atoms with van der Waals surface area (Å²) < 4.78 is 5.39. The summed E-state index contributed by atoms with van der Waals surface area (Å²) in [5.41, 5.74) is 5.40. The number of hydrogen-bond acceptors (Lipinski definition) is 5. The Morgan fingerprint density at radius 2 is 2.00 bits per heavy atom. The van der Waals surface area contributed by atoms with E-state index in [1.54, 1.807) is 0 Å². The standard InChI is InChI=1S/C11H22N4O/c1-8(2)4-5-9(3)13-11-15-14-10(16-11)6-7-12/h8-9H,4-7,12H2,1-3H3,(H,13,15). The van der Waals surface area contributed by atoms with E-state index in [4.69, 9.17) is 10.2 Å². The predicted octanol–water partition coefficient (Wildman–Crippen LogP) is 1.81. The quantitative estimate of drug-likeness (QED) is 0.741. The van der Waals surface area contributed by atoms with Crippen LogP contribution in [0.5, 0.6) is 0 Å². The average molecular weight is 226 g/mol. The normalized spacial score (nSPS) is 13.1. The first kappa shape index (κ1) is 13.0. The van der Waals surface area contributed by atoms with Crippen LogP contribution in [0.2, 0.25) is 0 Å². The van der Waals surface area contributed by atoms with E-state index >= 15 is 0 Å². The van der Waals surface area contributed by atoms with Crippen molar-refractivity contribution in [2.45, 2.75) is 46.1 Å². The number of nitrogens with zero attached hydrogens (tertiary/aromatic N) is 2. The molecule has 1 rings (SSSR count). The van der Waals surface area contributed by atoms with Crippen molar-refractivity contribution in [3.63, 3.8) is 0 Å². The second kappa shape index (κ2) is 6.48. The van der Waals surface area contributed by atoms with Gasteiger partial charge in [-0.2, -0.15) is 0 Å². The monoisotopic (exact) mass is 226 g/mol. The molecule has 0 aromatic carbocycles. The number of aromatic nitrogens is 2. The van der Waals surface area contributed by atoms with Gasteiger partial charge in [0.1, 0.15) is 0 Å². The molecule has 0 saturated carbocycles. The van der Waals surface area contributed by atoms with Crippen LogP contribution in [0.25, 0.3) is 0 Å². The number of nitrogens with one attached hydrogen (secondary N) is 1. The second-order valence-corrected chi connectivity index (χ2v) is 4.56. The fraction of sp³-hybridized carbons (Fsp3) is 0.818. The molecule has 3 N–H and O–H groups in total. The first-order valence-electron chi connectivity index (χ1n) is 5.90. The Labute approximate surface area is 96.8 Å². The highest BCUT2D eigenvalue weighted by atomic mass is 16.4. The largest absolute Gasteiger partial charge is 0.408 e. The molecule has 5 heteroatoms. The molecule has 0 aliphatic heterocycles. The molecule has 92 valence electrons. The summed E-state index contributed by atoms with van der Waals surface area (Å²) in [6, 6.07) is 0.855. The van der Waals surface area contributed by atoms with E-state index in [-0.39, 0.29) is 0 Å². The third kappa shape index (κ3) is 4.61. The van der Waals surface area contributed by atoms with Crippen LogP contribution < -0.4 is 11.1 Å². The van der Waals surface area contributed by atoms with Crippen LogP contribution in [-0.2, 0) is 6.42 Å². The third-order valence-corrected chi connectivity index (χ3v) is 2.37. The Kier molecular flexibility index (Phi) is 5.25. The van der Waals surface area contributed by atoms with Crippen LogP contribution >= 0.6 is 0 Å². The maximum absolute atomic E-state index is 5.40. The lowest BCUT2D eigenvalue weighted by Crippen LogP contribution is -2.16. The van der Waals surface area contributed by atoms with Crippen LogP contribution in [0.4, 0.5) is 6.01 Å². The van der Waals surface area contributed by atoms with Gasteiger partial charge in [0, 0.05) is 19.0 Å². The molecular weight excluding hydrogens is 204 g/mol. The molecule has 0 spiro atoms. The van der Waals surface area contributed by atoms with Crippen LogP contribution in [-0.4, -0.2) is 22.8 Å². The Morgan fingerprint density at radius 3 is 2.62 bits per heavy atom. The van der Waals surface area contributed by atoms with Crippen molar-refractivity contribution in [1.29, 1.82) is 0 Å². The molecule has 1 heterocycles. The van der Waals surface area contributed by atoms with E-state index in [0.717, 1.165) is 12.3 Å². The highest BCUT2D eigenvalue weighted by molar-refractivity contribution is 5.18. The molecular formula is C11H22N4O. The van der Waals surface area contributed by atoms with Crippen LogP contribution in [0.1, 0.15) is 39.5 Å². The molecule has 0 aliphatic carbocycles. The lowest BCUT2D eigenvalue weighted by Gasteiger charge is -2.12. The Hall–Kier alpha value is -1.10. The molecule has 0 amide bonds. The first-order chi connectivity index (χ1) is 7.61. The summed E-state index contributed by atoms with van der Waals surface area (Å²) in [6.45, 7) is 7.09. The number of hydrogen-bond donors (Lipinski definition) is 2. The zero-order valence-electron chi connectivity index (χ0n) is 10.4. The summed E-state index contributed by atoms with van der Waals surface area (Å²) in [7, 11) is 0. The zero-order chi connectivity index (χ0) is 12.0. The fourth-order valence-corrected chi connectivity index (χ4v) is 1.40. The van der Waals surface area contributed by atoms with Gasteiger partial charge in [-0.05, 0) is 25.7 Å². The van der Waals surface area contributed by atoms with Gasteiger partial charge in [-0.25, -0.2) is 0 Å². The molecule has 16 heavy (non-hydrogen) atoms. The molecule has 0 aliphatic rings. The summed E-state index contributed by atoms with van der Waals surface area (Å²) in [5.74, 6) is 1.32. The van der Waals surface area contributed by atoms with Crippen molar-refractivity contribution in [3.8, 4) is 0 Å². The summed E-state index contributed by atoms with van der Waals surface area (Å²) >= 11 is 0. The van der Waals surface area contributed by atoms with Crippen molar-refractivity contribution in [2.24, 2.45) is 11.7 Å². The second-order valence-electron chi connectivity index (χ2n) is 4.56. The smallest absolute Gasteiger partial charge is 0.315 e. The SMILES string of the molecule is CC(C)CCC(C)Nc1nnc(CCN)o1. The highest BCUT2D eigenvalue weighted by Gasteiger charge is 2.09. The van der Waals surface area contributed by atoms with Gasteiger partial charge in [0.25, 0.3) is 0 Å². The zero-order valence-corrected chi connectivity index (χ0v) is 10.4. The van der Waals surface area contributed by atoms with Gasteiger partial charge in [-0.3, -0.25) is 0 Å². The van der Waals surface area contributed by atoms with Gasteiger partial charge in [0.05, 0.1) is 0 Å². The topological polar surface area (TPSA) is 77.0 Å². The van der Waals surface area contributed by atoms with E-state index in [1.165, 1.54) is 6.42 Å². The average Bonchev–Trinajstić information content (AvgIpc) is 2.63. The summed E-state index contributed by atoms with van der Waals surface area (Å²) in [5, 5.41) is 11.0. The van der Waals surface area contributed by atoms with Gasteiger partial charge in [-0.15, -0.1) is 5.10 Å². The summed E-state index contributed by atoms with van der Waals surface area (Å²) in [4.78, 5) is 0. The third-order valence-electron chi connectivity index (χ3n) is 2.37. The molecule has 0 bridgehead atoms. The number of anilines is 1. The van der Waals surface area contributed by atoms with Gasteiger partial charge in [0.15, 0.2) is 0 Å². The van der Waals surface area contributed by atoms with E-state index < -0.39 is 0 Å². The molecule has 0 saturated heterocycles. The lowest BCUT2D eigenvalue weighted by molar-refractivity contribution is 0.485. The van der Waals surface area contributed by atoms with E-state index in [1.807, 2.05) is 0 Å². The van der Waals surface area contributed by atoms with Gasteiger partial charge < -0.3 is 15.5 Å². The number of nitrogens with two attached hydrogens (primary N) is 1. The van der Waals surface area contributed by atoms with Crippen molar-refractivity contribution >= 4 is 6.01 Å². The van der Waals surface area contributed by atoms with E-state index in [9.17, 15) is 0 Å². The number of rotatable bonds is 7. The summed E-state index contributed by atoms with van der Waals surface area (Å²) in [6.07, 6.45) is 2.93. The maximum atomic E-state index is 5.40. The van der Waals surface area contributed by atoms with Gasteiger partial charge in [0.2, 0.25) is 5.89 Å². The predicted molar refractivity (Wildman–Crippen MR) is 64.2 cm³/mol. The molecule has 1 unspecified atom stereocenters.